The molecule has 0 spiro atoms. The molecule has 1 fully saturated rings. The average molecular weight is 328 g/mol. The molecule has 22 heavy (non-hydrogen) atoms. The monoisotopic (exact) mass is 328 g/mol. The first kappa shape index (κ1) is 17.2. The van der Waals surface area contributed by atoms with Gasteiger partial charge in [0.1, 0.15) is 0 Å². The van der Waals surface area contributed by atoms with Crippen LogP contribution in [0.4, 0.5) is 5.69 Å². The molecular weight excluding hydrogens is 304 g/mol. The highest BCUT2D eigenvalue weighted by Gasteiger charge is 2.32. The fourth-order valence-corrected chi connectivity index (χ4v) is 3.55. The second kappa shape index (κ2) is 6.95. The Bertz CT molecular complexity index is 610. The van der Waals surface area contributed by atoms with E-state index in [4.69, 9.17) is 14.6 Å². The van der Waals surface area contributed by atoms with Crippen molar-refractivity contribution >= 4 is 15.7 Å². The lowest BCUT2D eigenvalue weighted by Gasteiger charge is -2.36. The number of benzene rings is 1. The van der Waals surface area contributed by atoms with Gasteiger partial charge in [-0.15, -0.1) is 0 Å². The minimum Gasteiger partial charge on any atom is -0.382 e. The van der Waals surface area contributed by atoms with Gasteiger partial charge in [-0.05, 0) is 24.1 Å². The lowest BCUT2D eigenvalue weighted by atomic mass is 9.94. The molecular formula is C15H24N2O4S. The van der Waals surface area contributed by atoms with E-state index >= 15 is 0 Å². The second-order valence-corrected chi connectivity index (χ2v) is 7.10. The van der Waals surface area contributed by atoms with Gasteiger partial charge in [-0.2, -0.15) is 0 Å². The summed E-state index contributed by atoms with van der Waals surface area (Å²) in [7, 11) is -2.03. The lowest BCUT2D eigenvalue weighted by molar-refractivity contribution is -0.0807. The molecule has 1 saturated heterocycles. The van der Waals surface area contributed by atoms with Crippen LogP contribution in [-0.4, -0.2) is 40.9 Å². The summed E-state index contributed by atoms with van der Waals surface area (Å²) in [5.41, 5.74) is 1.17. The third-order valence-corrected chi connectivity index (χ3v) is 5.20. The standard InChI is InChI=1S/C15H24N2O4S/c1-3-12-4-5-13(10-14(12)22(16,18)19)17-11-15(20-2)6-8-21-9-7-15/h4-5,10,17H,3,6-9,11H2,1-2H3,(H2,16,18,19). The molecule has 7 heteroatoms. The van der Waals surface area contributed by atoms with Crippen molar-refractivity contribution in [3.8, 4) is 0 Å². The van der Waals surface area contributed by atoms with Gasteiger partial charge in [-0.3, -0.25) is 0 Å². The van der Waals surface area contributed by atoms with Crippen molar-refractivity contribution in [2.45, 2.75) is 36.7 Å². The molecule has 0 bridgehead atoms. The fourth-order valence-electron chi connectivity index (χ4n) is 2.68. The number of hydrogen-bond donors (Lipinski definition) is 2. The van der Waals surface area contributed by atoms with Crippen LogP contribution in [0.2, 0.25) is 0 Å². The molecule has 1 aliphatic heterocycles. The minimum atomic E-state index is -3.72. The molecule has 0 saturated carbocycles. The highest BCUT2D eigenvalue weighted by molar-refractivity contribution is 7.89. The Labute approximate surface area is 132 Å². The maximum absolute atomic E-state index is 11.7. The highest BCUT2D eigenvalue weighted by atomic mass is 32.2. The van der Waals surface area contributed by atoms with Crippen molar-refractivity contribution in [3.63, 3.8) is 0 Å². The van der Waals surface area contributed by atoms with E-state index in [1.807, 2.05) is 13.0 Å². The highest BCUT2D eigenvalue weighted by Crippen LogP contribution is 2.26. The molecule has 0 atom stereocenters. The summed E-state index contributed by atoms with van der Waals surface area (Å²) < 4.78 is 34.4. The Kier molecular flexibility index (Phi) is 5.44. The van der Waals surface area contributed by atoms with Crippen molar-refractivity contribution in [1.82, 2.24) is 0 Å². The van der Waals surface area contributed by atoms with E-state index < -0.39 is 10.0 Å². The fraction of sp³-hybridized carbons (Fsp3) is 0.600. The van der Waals surface area contributed by atoms with Crippen LogP contribution in [0.1, 0.15) is 25.3 Å². The second-order valence-electron chi connectivity index (χ2n) is 5.57. The van der Waals surface area contributed by atoms with Crippen LogP contribution in [0.25, 0.3) is 0 Å². The van der Waals surface area contributed by atoms with E-state index in [1.54, 1.807) is 19.2 Å². The van der Waals surface area contributed by atoms with Crippen molar-refractivity contribution in [2.24, 2.45) is 5.14 Å². The van der Waals surface area contributed by atoms with Crippen molar-refractivity contribution in [3.05, 3.63) is 23.8 Å². The van der Waals surface area contributed by atoms with E-state index in [0.717, 1.165) is 24.1 Å². The molecule has 0 aromatic heterocycles. The molecule has 2 rings (SSSR count). The molecule has 0 amide bonds. The normalized spacial score (nSPS) is 18.1. The predicted molar refractivity (Wildman–Crippen MR) is 85.5 cm³/mol. The van der Waals surface area contributed by atoms with Crippen molar-refractivity contribution in [1.29, 1.82) is 0 Å². The van der Waals surface area contributed by atoms with E-state index in [0.29, 0.717) is 26.2 Å². The molecule has 0 unspecified atom stereocenters. The molecule has 6 nitrogen and oxygen atoms in total. The van der Waals surface area contributed by atoms with Crippen LogP contribution < -0.4 is 10.5 Å². The summed E-state index contributed by atoms with van der Waals surface area (Å²) in [4.78, 5) is 0.179. The zero-order chi connectivity index (χ0) is 16.2. The first-order valence-electron chi connectivity index (χ1n) is 7.43. The zero-order valence-electron chi connectivity index (χ0n) is 13.1. The largest absolute Gasteiger partial charge is 0.382 e. The molecule has 1 heterocycles. The third kappa shape index (κ3) is 3.98. The number of anilines is 1. The number of nitrogens with two attached hydrogens (primary N) is 1. The van der Waals surface area contributed by atoms with Crippen molar-refractivity contribution < 1.29 is 17.9 Å². The van der Waals surface area contributed by atoms with Gasteiger partial charge in [0.2, 0.25) is 10.0 Å². The van der Waals surface area contributed by atoms with E-state index in [9.17, 15) is 8.42 Å². The number of hydrogen-bond acceptors (Lipinski definition) is 5. The molecule has 1 aromatic rings. The zero-order valence-corrected chi connectivity index (χ0v) is 13.9. The molecule has 124 valence electrons. The Balaban J connectivity index is 2.16. The summed E-state index contributed by atoms with van der Waals surface area (Å²) in [5.74, 6) is 0. The number of nitrogens with one attached hydrogen (secondary N) is 1. The minimum absolute atomic E-state index is 0.179. The Morgan fingerprint density at radius 1 is 1.36 bits per heavy atom. The van der Waals surface area contributed by atoms with Gasteiger partial charge in [0.05, 0.1) is 10.5 Å². The number of ether oxygens (including phenoxy) is 2. The summed E-state index contributed by atoms with van der Waals surface area (Å²) in [6.45, 7) is 3.85. The molecule has 0 radical (unpaired) electrons. The number of primary sulfonamides is 1. The number of aryl methyl sites for hydroxylation is 1. The maximum Gasteiger partial charge on any atom is 0.238 e. The summed E-state index contributed by atoms with van der Waals surface area (Å²) in [6.07, 6.45) is 2.24. The first-order valence-corrected chi connectivity index (χ1v) is 8.97. The Morgan fingerprint density at radius 3 is 2.59 bits per heavy atom. The Hall–Kier alpha value is -1.15. The number of methoxy groups -OCH3 is 1. The molecule has 0 aliphatic carbocycles. The summed E-state index contributed by atoms with van der Waals surface area (Å²) in [6, 6.07) is 5.26. The Morgan fingerprint density at radius 2 is 2.05 bits per heavy atom. The van der Waals surface area contributed by atoms with E-state index in [-0.39, 0.29) is 10.5 Å². The van der Waals surface area contributed by atoms with Crippen molar-refractivity contribution in [2.75, 3.05) is 32.2 Å². The van der Waals surface area contributed by atoms with Gasteiger partial charge in [0.15, 0.2) is 0 Å². The SMILES string of the molecule is CCc1ccc(NCC2(OC)CCOCC2)cc1S(N)(=O)=O. The first-order chi connectivity index (χ1) is 10.4. The summed E-state index contributed by atoms with van der Waals surface area (Å²) >= 11 is 0. The molecule has 1 aliphatic rings. The topological polar surface area (TPSA) is 90.7 Å². The van der Waals surface area contributed by atoms with Crippen LogP contribution in [-0.2, 0) is 25.9 Å². The van der Waals surface area contributed by atoms with Crippen LogP contribution in [0, 0.1) is 0 Å². The van der Waals surface area contributed by atoms with E-state index in [2.05, 4.69) is 5.32 Å². The quantitative estimate of drug-likeness (QED) is 0.826. The van der Waals surface area contributed by atoms with Gasteiger partial charge in [0, 0.05) is 45.4 Å². The number of sulfonamides is 1. The van der Waals surface area contributed by atoms with Crippen LogP contribution >= 0.6 is 0 Å². The predicted octanol–water partition coefficient (Wildman–Crippen LogP) is 1.50. The van der Waals surface area contributed by atoms with Gasteiger partial charge < -0.3 is 14.8 Å². The van der Waals surface area contributed by atoms with Crippen LogP contribution in [0.5, 0.6) is 0 Å². The van der Waals surface area contributed by atoms with Gasteiger partial charge in [-0.25, -0.2) is 13.6 Å². The van der Waals surface area contributed by atoms with E-state index in [1.165, 1.54) is 0 Å². The van der Waals surface area contributed by atoms with Crippen LogP contribution in [0.3, 0.4) is 0 Å². The van der Waals surface area contributed by atoms with Gasteiger partial charge in [-0.1, -0.05) is 13.0 Å². The smallest absolute Gasteiger partial charge is 0.238 e. The summed E-state index contributed by atoms with van der Waals surface area (Å²) in [5, 5.41) is 8.57. The third-order valence-electron chi connectivity index (χ3n) is 4.21. The van der Waals surface area contributed by atoms with Gasteiger partial charge >= 0.3 is 0 Å². The molecule has 3 N–H and O–H groups in total. The van der Waals surface area contributed by atoms with Crippen LogP contribution in [0.15, 0.2) is 23.1 Å². The maximum atomic E-state index is 11.7. The average Bonchev–Trinajstić information content (AvgIpc) is 2.53. The molecule has 1 aromatic carbocycles. The van der Waals surface area contributed by atoms with Gasteiger partial charge in [0.25, 0.3) is 0 Å². The lowest BCUT2D eigenvalue weighted by Crippen LogP contribution is -2.44. The number of rotatable bonds is 6.